The summed E-state index contributed by atoms with van der Waals surface area (Å²) in [6, 6.07) is 1.73. The number of hydrogen-bond acceptors (Lipinski definition) is 3. The molecule has 0 saturated carbocycles. The molecule has 1 N–H and O–H groups in total. The standard InChI is InChI=1S/C14H27N3/c1-11(2)14-12-3-6-17(14)10-13(9-12)16-7-4-15-5-8-16/h11-15H,3-10H2,1-2H3. The predicted molar refractivity (Wildman–Crippen MR) is 71.2 cm³/mol. The van der Waals surface area contributed by atoms with E-state index in [1.54, 1.807) is 0 Å². The van der Waals surface area contributed by atoms with Gasteiger partial charge in [0, 0.05) is 44.8 Å². The van der Waals surface area contributed by atoms with Gasteiger partial charge in [-0.25, -0.2) is 0 Å². The first-order valence-electron chi connectivity index (χ1n) is 7.44. The molecule has 0 aromatic carbocycles. The maximum atomic E-state index is 3.46. The van der Waals surface area contributed by atoms with Crippen molar-refractivity contribution in [3.05, 3.63) is 0 Å². The second-order valence-electron chi connectivity index (χ2n) is 6.45. The lowest BCUT2D eigenvalue weighted by Crippen LogP contribution is -2.56. The van der Waals surface area contributed by atoms with Crippen molar-refractivity contribution in [2.24, 2.45) is 11.8 Å². The van der Waals surface area contributed by atoms with Gasteiger partial charge in [-0.2, -0.15) is 0 Å². The summed E-state index contributed by atoms with van der Waals surface area (Å²) < 4.78 is 0. The van der Waals surface area contributed by atoms with Gasteiger partial charge in [0.2, 0.25) is 0 Å². The highest BCUT2D eigenvalue weighted by Gasteiger charge is 2.43. The zero-order valence-corrected chi connectivity index (χ0v) is 11.4. The van der Waals surface area contributed by atoms with Crippen LogP contribution in [0.5, 0.6) is 0 Å². The topological polar surface area (TPSA) is 18.5 Å². The van der Waals surface area contributed by atoms with Gasteiger partial charge in [0.1, 0.15) is 0 Å². The molecular weight excluding hydrogens is 210 g/mol. The van der Waals surface area contributed by atoms with E-state index in [0.717, 1.165) is 23.9 Å². The normalized spacial score (nSPS) is 43.2. The first kappa shape index (κ1) is 11.9. The SMILES string of the molecule is CC(C)C1C2CCN1CC(N1CCNCC1)C2. The first-order chi connectivity index (χ1) is 8.25. The average Bonchev–Trinajstić information content (AvgIpc) is 2.62. The fourth-order valence-corrected chi connectivity index (χ4v) is 4.39. The minimum Gasteiger partial charge on any atom is -0.314 e. The van der Waals surface area contributed by atoms with E-state index in [1.165, 1.54) is 52.1 Å². The Bertz CT molecular complexity index is 246. The number of nitrogens with one attached hydrogen (secondary N) is 1. The Morgan fingerprint density at radius 2 is 1.82 bits per heavy atom. The van der Waals surface area contributed by atoms with Gasteiger partial charge in [0.15, 0.2) is 0 Å². The summed E-state index contributed by atoms with van der Waals surface area (Å²) in [4.78, 5) is 5.52. The predicted octanol–water partition coefficient (Wildman–Crippen LogP) is 1.01. The molecule has 0 aliphatic carbocycles. The van der Waals surface area contributed by atoms with Crippen molar-refractivity contribution >= 4 is 0 Å². The van der Waals surface area contributed by atoms with Crippen molar-refractivity contribution in [1.82, 2.24) is 15.1 Å². The van der Waals surface area contributed by atoms with Crippen LogP contribution in [0.3, 0.4) is 0 Å². The lowest BCUT2D eigenvalue weighted by atomic mass is 9.83. The Kier molecular flexibility index (Phi) is 3.42. The largest absolute Gasteiger partial charge is 0.314 e. The molecule has 98 valence electrons. The number of nitrogens with zero attached hydrogens (tertiary/aromatic N) is 2. The summed E-state index contributed by atoms with van der Waals surface area (Å²) in [6.07, 6.45) is 2.91. The Balaban J connectivity index is 1.64. The van der Waals surface area contributed by atoms with E-state index >= 15 is 0 Å². The van der Waals surface area contributed by atoms with Crippen molar-refractivity contribution < 1.29 is 0 Å². The van der Waals surface area contributed by atoms with Crippen LogP contribution in [0.1, 0.15) is 26.7 Å². The van der Waals surface area contributed by atoms with Crippen molar-refractivity contribution in [3.8, 4) is 0 Å². The second-order valence-corrected chi connectivity index (χ2v) is 6.45. The summed E-state index contributed by atoms with van der Waals surface area (Å²) in [5.41, 5.74) is 0. The molecule has 3 heteroatoms. The molecule has 3 fully saturated rings. The van der Waals surface area contributed by atoms with Crippen LogP contribution in [0.4, 0.5) is 0 Å². The molecule has 3 aliphatic heterocycles. The maximum Gasteiger partial charge on any atom is 0.0227 e. The van der Waals surface area contributed by atoms with Gasteiger partial charge in [-0.05, 0) is 31.2 Å². The fraction of sp³-hybridized carbons (Fsp3) is 1.00. The molecule has 3 saturated heterocycles. The average molecular weight is 237 g/mol. The molecule has 17 heavy (non-hydrogen) atoms. The van der Waals surface area contributed by atoms with E-state index < -0.39 is 0 Å². The van der Waals surface area contributed by atoms with Gasteiger partial charge >= 0.3 is 0 Å². The molecule has 4 unspecified atom stereocenters. The second kappa shape index (κ2) is 4.87. The lowest BCUT2D eigenvalue weighted by Gasteiger charge is -2.45. The number of piperazine rings is 1. The first-order valence-corrected chi connectivity index (χ1v) is 7.44. The summed E-state index contributed by atoms with van der Waals surface area (Å²) in [7, 11) is 0. The van der Waals surface area contributed by atoms with Crippen LogP contribution in [0.15, 0.2) is 0 Å². The molecule has 3 rings (SSSR count). The van der Waals surface area contributed by atoms with Crippen molar-refractivity contribution in [2.75, 3.05) is 39.3 Å². The molecule has 4 atom stereocenters. The van der Waals surface area contributed by atoms with Crippen molar-refractivity contribution in [1.29, 1.82) is 0 Å². The number of piperidine rings is 1. The van der Waals surface area contributed by atoms with Crippen molar-refractivity contribution in [3.63, 3.8) is 0 Å². The van der Waals surface area contributed by atoms with Crippen LogP contribution in [-0.4, -0.2) is 61.2 Å². The third-order valence-corrected chi connectivity index (χ3v) is 5.06. The summed E-state index contributed by atoms with van der Waals surface area (Å²) >= 11 is 0. The fourth-order valence-electron chi connectivity index (χ4n) is 4.39. The minimum atomic E-state index is 0.839. The highest BCUT2D eigenvalue weighted by atomic mass is 15.3. The van der Waals surface area contributed by atoms with E-state index in [1.807, 2.05) is 0 Å². The molecule has 3 nitrogen and oxygen atoms in total. The lowest BCUT2D eigenvalue weighted by molar-refractivity contribution is 0.0446. The smallest absolute Gasteiger partial charge is 0.0227 e. The molecule has 3 aliphatic rings. The highest BCUT2D eigenvalue weighted by molar-refractivity contribution is 4.98. The Labute approximate surface area is 106 Å². The van der Waals surface area contributed by atoms with Gasteiger partial charge in [0.05, 0.1) is 0 Å². The Morgan fingerprint density at radius 1 is 1.06 bits per heavy atom. The summed E-state index contributed by atoms with van der Waals surface area (Å²) in [5, 5.41) is 3.46. The van der Waals surface area contributed by atoms with Gasteiger partial charge in [-0.1, -0.05) is 13.8 Å². The quantitative estimate of drug-likeness (QED) is 0.773. The molecule has 0 aromatic heterocycles. The third kappa shape index (κ3) is 2.25. The van der Waals surface area contributed by atoms with Crippen molar-refractivity contribution in [2.45, 2.75) is 38.8 Å². The van der Waals surface area contributed by atoms with Crippen LogP contribution in [0, 0.1) is 11.8 Å². The zero-order chi connectivity index (χ0) is 11.8. The summed E-state index contributed by atoms with van der Waals surface area (Å²) in [6.45, 7) is 12.4. The van der Waals surface area contributed by atoms with Crippen LogP contribution in [-0.2, 0) is 0 Å². The third-order valence-electron chi connectivity index (χ3n) is 5.06. The van der Waals surface area contributed by atoms with Gasteiger partial charge < -0.3 is 5.32 Å². The van der Waals surface area contributed by atoms with E-state index in [0.29, 0.717) is 0 Å². The molecular formula is C14H27N3. The molecule has 0 amide bonds. The van der Waals surface area contributed by atoms with E-state index in [4.69, 9.17) is 0 Å². The van der Waals surface area contributed by atoms with Gasteiger partial charge in [-0.15, -0.1) is 0 Å². The van der Waals surface area contributed by atoms with E-state index in [-0.39, 0.29) is 0 Å². The monoisotopic (exact) mass is 237 g/mol. The van der Waals surface area contributed by atoms with Crippen LogP contribution in [0.25, 0.3) is 0 Å². The van der Waals surface area contributed by atoms with E-state index in [9.17, 15) is 0 Å². The number of fused-ring (bicyclic) bond motifs is 2. The van der Waals surface area contributed by atoms with Gasteiger partial charge in [0.25, 0.3) is 0 Å². The maximum absolute atomic E-state index is 3.46. The van der Waals surface area contributed by atoms with Gasteiger partial charge in [-0.3, -0.25) is 9.80 Å². The molecule has 2 bridgehead atoms. The summed E-state index contributed by atoms with van der Waals surface area (Å²) in [5.74, 6) is 1.81. The number of hydrogen-bond donors (Lipinski definition) is 1. The molecule has 0 spiro atoms. The number of rotatable bonds is 2. The Hall–Kier alpha value is -0.120. The molecule has 0 radical (unpaired) electrons. The molecule has 0 aromatic rings. The minimum absolute atomic E-state index is 0.839. The van der Waals surface area contributed by atoms with Crippen LogP contribution >= 0.6 is 0 Å². The molecule has 3 heterocycles. The van der Waals surface area contributed by atoms with Crippen LogP contribution < -0.4 is 5.32 Å². The highest BCUT2D eigenvalue weighted by Crippen LogP contribution is 2.38. The zero-order valence-electron chi connectivity index (χ0n) is 11.4. The van der Waals surface area contributed by atoms with Crippen LogP contribution in [0.2, 0.25) is 0 Å². The Morgan fingerprint density at radius 3 is 2.47 bits per heavy atom. The van der Waals surface area contributed by atoms with E-state index in [2.05, 4.69) is 29.0 Å².